The van der Waals surface area contributed by atoms with Crippen LogP contribution in [0.15, 0.2) is 54.4 Å². The molecule has 1 fully saturated rings. The molecule has 0 bridgehead atoms. The molecule has 4 heteroatoms. The van der Waals surface area contributed by atoms with Crippen molar-refractivity contribution in [2.45, 2.75) is 66.7 Å². The number of carbonyl (C=O) groups is 1. The molecule has 2 heterocycles. The number of hydrogen-bond donors (Lipinski definition) is 0. The van der Waals surface area contributed by atoms with Crippen LogP contribution in [0.25, 0.3) is 0 Å². The molecular formula is C25H35N3O. The third-order valence-electron chi connectivity index (χ3n) is 4.60. The normalized spacial score (nSPS) is 12.8. The van der Waals surface area contributed by atoms with E-state index < -0.39 is 0 Å². The number of ketones is 1. The zero-order valence-corrected chi connectivity index (χ0v) is 18.6. The summed E-state index contributed by atoms with van der Waals surface area (Å²) in [6, 6.07) is 7.55. The van der Waals surface area contributed by atoms with Gasteiger partial charge in [-0.15, -0.1) is 0 Å². The molecule has 0 spiro atoms. The van der Waals surface area contributed by atoms with Gasteiger partial charge >= 0.3 is 0 Å². The summed E-state index contributed by atoms with van der Waals surface area (Å²) < 4.78 is 0. The maximum absolute atomic E-state index is 12.2. The predicted molar refractivity (Wildman–Crippen MR) is 123 cm³/mol. The Labute approximate surface area is 176 Å². The van der Waals surface area contributed by atoms with Crippen LogP contribution >= 0.6 is 0 Å². The smallest absolute Gasteiger partial charge is 0.164 e. The lowest BCUT2D eigenvalue weighted by atomic mass is 10.1. The lowest BCUT2D eigenvalue weighted by molar-refractivity contribution is 0.0982. The Balaban J connectivity index is 0.000000512. The largest absolute Gasteiger partial charge is 0.294 e. The number of aryl methyl sites for hydroxylation is 2. The van der Waals surface area contributed by atoms with Crippen LogP contribution in [0.1, 0.15) is 80.7 Å². The van der Waals surface area contributed by atoms with Gasteiger partial charge < -0.3 is 0 Å². The van der Waals surface area contributed by atoms with Crippen molar-refractivity contribution in [2.24, 2.45) is 10.9 Å². The zero-order chi connectivity index (χ0) is 21.6. The maximum Gasteiger partial charge on any atom is 0.164 e. The first-order chi connectivity index (χ1) is 14.0. The molecule has 0 saturated heterocycles. The van der Waals surface area contributed by atoms with Crippen LogP contribution in [-0.4, -0.2) is 21.5 Å². The molecule has 1 aliphatic carbocycles. The summed E-state index contributed by atoms with van der Waals surface area (Å²) in [4.78, 5) is 24.8. The number of Topliss-reactive ketones (excluding diaryl/α,β-unsaturated/α-hetero) is 1. The highest BCUT2D eigenvalue weighted by atomic mass is 16.1. The summed E-state index contributed by atoms with van der Waals surface area (Å²) in [7, 11) is 0. The summed E-state index contributed by atoms with van der Waals surface area (Å²) in [5.41, 5.74) is 4.18. The highest BCUT2D eigenvalue weighted by Gasteiger charge is 2.17. The monoisotopic (exact) mass is 393 g/mol. The molecule has 0 radical (unpaired) electrons. The molecule has 29 heavy (non-hydrogen) atoms. The minimum absolute atomic E-state index is 0.0692. The van der Waals surface area contributed by atoms with Crippen molar-refractivity contribution < 1.29 is 4.79 Å². The van der Waals surface area contributed by atoms with E-state index >= 15 is 0 Å². The topological polar surface area (TPSA) is 55.2 Å². The van der Waals surface area contributed by atoms with Crippen molar-refractivity contribution in [1.29, 1.82) is 0 Å². The SMILES string of the molecule is C=CN=C(C)c1ccc(C(=O)CCc2ccc(C)cn2)cn1.CC.CCC1CC1. The average Bonchev–Trinajstić information content (AvgIpc) is 3.60. The standard InChI is InChI=1S/C18H19N3O.C5H10.C2H6/c1-4-19-14(3)17-9-6-15(12-21-17)18(22)10-8-16-7-5-13(2)11-20-16;1-2-5-3-4-5;1-2/h4-7,9,11-12H,1,8,10H2,2-3H3;5H,2-4H2,1H3;1-2H3. The molecule has 3 rings (SSSR count). The molecule has 0 aliphatic heterocycles. The van der Waals surface area contributed by atoms with Crippen molar-refractivity contribution in [3.63, 3.8) is 0 Å². The minimum Gasteiger partial charge on any atom is -0.294 e. The second-order valence-electron chi connectivity index (χ2n) is 6.93. The lowest BCUT2D eigenvalue weighted by Gasteiger charge is -2.03. The zero-order valence-electron chi connectivity index (χ0n) is 18.6. The van der Waals surface area contributed by atoms with Crippen LogP contribution in [0.3, 0.4) is 0 Å². The quantitative estimate of drug-likeness (QED) is 0.405. The highest BCUT2D eigenvalue weighted by molar-refractivity contribution is 5.99. The first kappa shape index (κ1) is 24.4. The fraction of sp³-hybridized carbons (Fsp3) is 0.440. The van der Waals surface area contributed by atoms with Gasteiger partial charge in [0.1, 0.15) is 0 Å². The second-order valence-corrected chi connectivity index (χ2v) is 6.93. The molecular weight excluding hydrogens is 358 g/mol. The van der Waals surface area contributed by atoms with Crippen molar-refractivity contribution in [3.05, 3.63) is 72.0 Å². The molecule has 0 unspecified atom stereocenters. The Morgan fingerprint density at radius 1 is 1.17 bits per heavy atom. The first-order valence-corrected chi connectivity index (χ1v) is 10.6. The molecule has 1 aliphatic rings. The van der Waals surface area contributed by atoms with Crippen LogP contribution in [0.4, 0.5) is 0 Å². The van der Waals surface area contributed by atoms with Crippen molar-refractivity contribution in [2.75, 3.05) is 0 Å². The molecule has 4 nitrogen and oxygen atoms in total. The Hall–Kier alpha value is -2.62. The summed E-state index contributed by atoms with van der Waals surface area (Å²) in [5, 5.41) is 0. The van der Waals surface area contributed by atoms with Crippen LogP contribution < -0.4 is 0 Å². The summed E-state index contributed by atoms with van der Waals surface area (Å²) in [6.07, 6.45) is 10.4. The highest BCUT2D eigenvalue weighted by Crippen LogP contribution is 2.31. The Morgan fingerprint density at radius 3 is 2.34 bits per heavy atom. The van der Waals surface area contributed by atoms with Crippen molar-refractivity contribution >= 4 is 11.5 Å². The number of aliphatic imine (C=N–C) groups is 1. The van der Waals surface area contributed by atoms with Gasteiger partial charge in [-0.25, -0.2) is 0 Å². The number of pyridine rings is 2. The average molecular weight is 394 g/mol. The van der Waals surface area contributed by atoms with Gasteiger partial charge in [0.05, 0.1) is 11.4 Å². The van der Waals surface area contributed by atoms with E-state index in [1.807, 2.05) is 46.0 Å². The van der Waals surface area contributed by atoms with Crippen LogP contribution in [0.5, 0.6) is 0 Å². The third kappa shape index (κ3) is 9.42. The molecule has 0 aromatic carbocycles. The summed E-state index contributed by atoms with van der Waals surface area (Å²) in [5.74, 6) is 1.20. The predicted octanol–water partition coefficient (Wildman–Crippen LogP) is 6.39. The summed E-state index contributed by atoms with van der Waals surface area (Å²) in [6.45, 7) is 13.7. The van der Waals surface area contributed by atoms with Gasteiger partial charge in [0.15, 0.2) is 5.78 Å². The van der Waals surface area contributed by atoms with Gasteiger partial charge in [0.25, 0.3) is 0 Å². The molecule has 0 amide bonds. The van der Waals surface area contributed by atoms with E-state index in [4.69, 9.17) is 0 Å². The molecule has 0 atom stereocenters. The van der Waals surface area contributed by atoms with Gasteiger partial charge in [-0.2, -0.15) is 0 Å². The van der Waals surface area contributed by atoms with Crippen LogP contribution in [0, 0.1) is 12.8 Å². The van der Waals surface area contributed by atoms with Crippen LogP contribution in [-0.2, 0) is 6.42 Å². The minimum atomic E-state index is 0.0692. The van der Waals surface area contributed by atoms with Gasteiger partial charge in [-0.05, 0) is 49.9 Å². The van der Waals surface area contributed by atoms with E-state index in [9.17, 15) is 4.79 Å². The number of aromatic nitrogens is 2. The van der Waals surface area contributed by atoms with E-state index in [-0.39, 0.29) is 5.78 Å². The number of hydrogen-bond acceptors (Lipinski definition) is 4. The van der Waals surface area contributed by atoms with E-state index in [0.29, 0.717) is 18.4 Å². The molecule has 0 N–H and O–H groups in total. The molecule has 156 valence electrons. The molecule has 1 saturated carbocycles. The number of rotatable bonds is 7. The van der Waals surface area contributed by atoms with Crippen LogP contribution in [0.2, 0.25) is 0 Å². The Morgan fingerprint density at radius 2 is 1.90 bits per heavy atom. The molecule has 2 aromatic rings. The third-order valence-corrected chi connectivity index (χ3v) is 4.60. The second kappa shape index (κ2) is 13.5. The Kier molecular flexibility index (Phi) is 11.4. The fourth-order valence-electron chi connectivity index (χ4n) is 2.53. The van der Waals surface area contributed by atoms with Crippen molar-refractivity contribution in [3.8, 4) is 0 Å². The van der Waals surface area contributed by atoms with Gasteiger partial charge in [0.2, 0.25) is 0 Å². The van der Waals surface area contributed by atoms with Gasteiger partial charge in [0, 0.05) is 36.3 Å². The van der Waals surface area contributed by atoms with E-state index in [1.165, 1.54) is 25.5 Å². The summed E-state index contributed by atoms with van der Waals surface area (Å²) >= 11 is 0. The fourth-order valence-corrected chi connectivity index (χ4v) is 2.53. The van der Waals surface area contributed by atoms with Gasteiger partial charge in [-0.1, -0.05) is 52.7 Å². The number of carbonyl (C=O) groups excluding carboxylic acids is 1. The van der Waals surface area contributed by atoms with E-state index in [1.54, 1.807) is 18.3 Å². The number of nitrogens with zero attached hydrogens (tertiary/aromatic N) is 3. The van der Waals surface area contributed by atoms with E-state index in [0.717, 1.165) is 28.6 Å². The first-order valence-electron chi connectivity index (χ1n) is 10.6. The molecule has 2 aromatic heterocycles. The maximum atomic E-state index is 12.2. The lowest BCUT2D eigenvalue weighted by Crippen LogP contribution is -2.05. The Bertz CT molecular complexity index is 773. The van der Waals surface area contributed by atoms with Crippen molar-refractivity contribution in [1.82, 2.24) is 9.97 Å². The van der Waals surface area contributed by atoms with E-state index in [2.05, 4.69) is 28.5 Å². The van der Waals surface area contributed by atoms with Gasteiger partial charge in [-0.3, -0.25) is 19.8 Å².